The molecule has 3 nitrogen and oxygen atoms in total. The highest BCUT2D eigenvalue weighted by molar-refractivity contribution is 9.10. The van der Waals surface area contributed by atoms with Crippen molar-refractivity contribution in [3.8, 4) is 0 Å². The number of hydrogen-bond donors (Lipinski definition) is 1. The van der Waals surface area contributed by atoms with Crippen molar-refractivity contribution in [1.29, 1.82) is 0 Å². The third-order valence-electron chi connectivity index (χ3n) is 3.50. The smallest absolute Gasteiger partial charge is 0.238 e. The molecule has 22 heavy (non-hydrogen) atoms. The quantitative estimate of drug-likeness (QED) is 0.847. The van der Waals surface area contributed by atoms with Crippen LogP contribution in [-0.4, -0.2) is 30.9 Å². The Morgan fingerprint density at radius 1 is 1.18 bits per heavy atom. The zero-order valence-electron chi connectivity index (χ0n) is 13.0. The summed E-state index contributed by atoms with van der Waals surface area (Å²) in [6.07, 6.45) is 0.946. The fraction of sp³-hybridized carbons (Fsp3) is 0.278. The van der Waals surface area contributed by atoms with Crippen LogP contribution in [0, 0.1) is 6.92 Å². The lowest BCUT2D eigenvalue weighted by Gasteiger charge is -2.17. The van der Waals surface area contributed by atoms with Crippen molar-refractivity contribution in [3.05, 3.63) is 64.1 Å². The molecule has 0 spiro atoms. The Kier molecular flexibility index (Phi) is 6.16. The zero-order valence-corrected chi connectivity index (χ0v) is 14.6. The summed E-state index contributed by atoms with van der Waals surface area (Å²) in [4.78, 5) is 14.1. The summed E-state index contributed by atoms with van der Waals surface area (Å²) in [5.41, 5.74) is 3.21. The van der Waals surface area contributed by atoms with Crippen LogP contribution in [0.2, 0.25) is 0 Å². The molecule has 1 N–H and O–H groups in total. The van der Waals surface area contributed by atoms with Crippen LogP contribution >= 0.6 is 15.9 Å². The van der Waals surface area contributed by atoms with Crippen LogP contribution < -0.4 is 5.32 Å². The molecule has 2 rings (SSSR count). The number of nitrogens with one attached hydrogen (secondary N) is 1. The van der Waals surface area contributed by atoms with E-state index in [9.17, 15) is 4.79 Å². The number of carbonyl (C=O) groups excluding carboxylic acids is 1. The van der Waals surface area contributed by atoms with E-state index in [0.29, 0.717) is 6.54 Å². The molecule has 0 aromatic heterocycles. The summed E-state index contributed by atoms with van der Waals surface area (Å²) in [5, 5.41) is 2.97. The lowest BCUT2D eigenvalue weighted by atomic mass is 10.1. The summed E-state index contributed by atoms with van der Waals surface area (Å²) >= 11 is 3.42. The van der Waals surface area contributed by atoms with Gasteiger partial charge in [0.05, 0.1) is 6.54 Å². The number of aryl methyl sites for hydroxylation is 1. The minimum atomic E-state index is 0.0148. The first-order valence-corrected chi connectivity index (χ1v) is 8.12. The van der Waals surface area contributed by atoms with Gasteiger partial charge in [-0.3, -0.25) is 9.69 Å². The molecule has 0 saturated heterocycles. The second kappa shape index (κ2) is 8.11. The van der Waals surface area contributed by atoms with Crippen molar-refractivity contribution < 1.29 is 4.79 Å². The molecule has 0 radical (unpaired) electrons. The number of nitrogens with zero attached hydrogens (tertiary/aromatic N) is 1. The summed E-state index contributed by atoms with van der Waals surface area (Å²) in [6.45, 7) is 3.23. The first-order chi connectivity index (χ1) is 10.5. The first-order valence-electron chi connectivity index (χ1n) is 7.33. The minimum Gasteiger partial charge on any atom is -0.325 e. The summed E-state index contributed by atoms with van der Waals surface area (Å²) in [7, 11) is 1.97. The van der Waals surface area contributed by atoms with E-state index >= 15 is 0 Å². The van der Waals surface area contributed by atoms with Crippen molar-refractivity contribution in [1.82, 2.24) is 4.90 Å². The lowest BCUT2D eigenvalue weighted by molar-refractivity contribution is -0.117. The van der Waals surface area contributed by atoms with Crippen molar-refractivity contribution in [3.63, 3.8) is 0 Å². The van der Waals surface area contributed by atoms with Gasteiger partial charge in [-0.1, -0.05) is 46.3 Å². The number of hydrogen-bond acceptors (Lipinski definition) is 2. The monoisotopic (exact) mass is 360 g/mol. The number of carbonyl (C=O) groups is 1. The maximum Gasteiger partial charge on any atom is 0.238 e. The molecule has 4 heteroatoms. The van der Waals surface area contributed by atoms with E-state index in [2.05, 4.69) is 33.4 Å². The van der Waals surface area contributed by atoms with Gasteiger partial charge < -0.3 is 5.32 Å². The van der Waals surface area contributed by atoms with Crippen LogP contribution in [0.15, 0.2) is 53.0 Å². The van der Waals surface area contributed by atoms with Crippen LogP contribution in [0.3, 0.4) is 0 Å². The van der Waals surface area contributed by atoms with Crippen LogP contribution in [-0.2, 0) is 11.2 Å². The molecule has 0 unspecified atom stereocenters. The number of halogens is 1. The molecule has 0 fully saturated rings. The van der Waals surface area contributed by atoms with E-state index in [1.807, 2.05) is 55.3 Å². The highest BCUT2D eigenvalue weighted by atomic mass is 79.9. The summed E-state index contributed by atoms with van der Waals surface area (Å²) < 4.78 is 1.02. The van der Waals surface area contributed by atoms with Gasteiger partial charge in [-0.15, -0.1) is 0 Å². The normalized spacial score (nSPS) is 10.7. The number of amides is 1. The Balaban J connectivity index is 1.81. The van der Waals surface area contributed by atoms with Crippen LogP contribution in [0.5, 0.6) is 0 Å². The molecule has 0 aliphatic carbocycles. The first kappa shape index (κ1) is 16.7. The van der Waals surface area contributed by atoms with Crippen molar-refractivity contribution >= 4 is 27.5 Å². The van der Waals surface area contributed by atoms with Gasteiger partial charge in [0.1, 0.15) is 0 Å². The Morgan fingerprint density at radius 3 is 2.59 bits per heavy atom. The maximum atomic E-state index is 12.1. The molecule has 0 atom stereocenters. The van der Waals surface area contributed by atoms with Gasteiger partial charge in [0.2, 0.25) is 5.91 Å². The molecular formula is C18H21BrN2O. The van der Waals surface area contributed by atoms with Gasteiger partial charge in [0.15, 0.2) is 0 Å². The standard InChI is InChI=1S/C18H21BrN2O/c1-14-12-16(19)8-9-17(14)20-18(22)13-21(2)11-10-15-6-4-3-5-7-15/h3-9,12H,10-11,13H2,1-2H3,(H,20,22). The topological polar surface area (TPSA) is 32.3 Å². The molecule has 0 aliphatic rings. The Morgan fingerprint density at radius 2 is 1.91 bits per heavy atom. The van der Waals surface area contributed by atoms with E-state index in [1.165, 1.54) is 5.56 Å². The average molecular weight is 361 g/mol. The molecular weight excluding hydrogens is 340 g/mol. The SMILES string of the molecule is Cc1cc(Br)ccc1NC(=O)CN(C)CCc1ccccc1. The van der Waals surface area contributed by atoms with E-state index in [4.69, 9.17) is 0 Å². The average Bonchev–Trinajstić information content (AvgIpc) is 2.49. The Bertz CT molecular complexity index is 628. The number of anilines is 1. The molecule has 116 valence electrons. The highest BCUT2D eigenvalue weighted by Crippen LogP contribution is 2.19. The third-order valence-corrected chi connectivity index (χ3v) is 3.99. The van der Waals surface area contributed by atoms with Gasteiger partial charge in [0, 0.05) is 16.7 Å². The largest absolute Gasteiger partial charge is 0.325 e. The van der Waals surface area contributed by atoms with E-state index in [1.54, 1.807) is 0 Å². The van der Waals surface area contributed by atoms with Gasteiger partial charge in [-0.25, -0.2) is 0 Å². The van der Waals surface area contributed by atoms with Crippen molar-refractivity contribution in [2.24, 2.45) is 0 Å². The van der Waals surface area contributed by atoms with Gasteiger partial charge in [-0.05, 0) is 49.7 Å². The van der Waals surface area contributed by atoms with Gasteiger partial charge in [-0.2, -0.15) is 0 Å². The van der Waals surface area contributed by atoms with Gasteiger partial charge in [0.25, 0.3) is 0 Å². The second-order valence-electron chi connectivity index (χ2n) is 5.48. The molecule has 2 aromatic carbocycles. The number of likely N-dealkylation sites (N-methyl/N-ethyl adjacent to an activating group) is 1. The molecule has 0 bridgehead atoms. The predicted octanol–water partition coefficient (Wildman–Crippen LogP) is 3.87. The van der Waals surface area contributed by atoms with Crippen molar-refractivity contribution in [2.75, 3.05) is 25.5 Å². The number of benzene rings is 2. The van der Waals surface area contributed by atoms with E-state index in [0.717, 1.165) is 28.7 Å². The maximum absolute atomic E-state index is 12.1. The zero-order chi connectivity index (χ0) is 15.9. The summed E-state index contributed by atoms with van der Waals surface area (Å²) in [6, 6.07) is 16.2. The van der Waals surface area contributed by atoms with Crippen LogP contribution in [0.4, 0.5) is 5.69 Å². The number of rotatable bonds is 6. The Hall–Kier alpha value is -1.65. The fourth-order valence-corrected chi connectivity index (χ4v) is 2.72. The molecule has 1 amide bonds. The summed E-state index contributed by atoms with van der Waals surface area (Å²) in [5.74, 6) is 0.0148. The fourth-order valence-electron chi connectivity index (χ4n) is 2.25. The van der Waals surface area contributed by atoms with Crippen LogP contribution in [0.1, 0.15) is 11.1 Å². The molecule has 0 saturated carbocycles. The minimum absolute atomic E-state index is 0.0148. The Labute approximate surface area is 140 Å². The molecule has 0 aliphatic heterocycles. The van der Waals surface area contributed by atoms with Gasteiger partial charge >= 0.3 is 0 Å². The molecule has 2 aromatic rings. The van der Waals surface area contributed by atoms with E-state index < -0.39 is 0 Å². The van der Waals surface area contributed by atoms with E-state index in [-0.39, 0.29) is 5.91 Å². The van der Waals surface area contributed by atoms with Crippen molar-refractivity contribution in [2.45, 2.75) is 13.3 Å². The predicted molar refractivity (Wildman–Crippen MR) is 95.2 cm³/mol. The second-order valence-corrected chi connectivity index (χ2v) is 6.40. The molecule has 0 heterocycles. The highest BCUT2D eigenvalue weighted by Gasteiger charge is 2.08. The third kappa shape index (κ3) is 5.28. The lowest BCUT2D eigenvalue weighted by Crippen LogP contribution is -2.31. The van der Waals surface area contributed by atoms with Crippen LogP contribution in [0.25, 0.3) is 0 Å².